The van der Waals surface area contributed by atoms with E-state index in [0.717, 1.165) is 31.2 Å². The van der Waals surface area contributed by atoms with Crippen molar-refractivity contribution in [2.24, 2.45) is 0 Å². The number of carbonyl (C=O) groups excluding carboxylic acids is 1. The fourth-order valence-corrected chi connectivity index (χ4v) is 5.15. The van der Waals surface area contributed by atoms with Gasteiger partial charge in [0.25, 0.3) is 15.9 Å². The van der Waals surface area contributed by atoms with Crippen LogP contribution in [-0.2, 0) is 21.4 Å². The highest BCUT2D eigenvalue weighted by Crippen LogP contribution is 2.23. The average Bonchev–Trinajstić information content (AvgIpc) is 2.89. The van der Waals surface area contributed by atoms with Crippen molar-refractivity contribution >= 4 is 21.6 Å². The van der Waals surface area contributed by atoms with E-state index in [0.29, 0.717) is 23.8 Å². The summed E-state index contributed by atoms with van der Waals surface area (Å²) in [6.07, 6.45) is 4.82. The van der Waals surface area contributed by atoms with Gasteiger partial charge in [-0.1, -0.05) is 49.6 Å². The monoisotopic (exact) mass is 508 g/mol. The van der Waals surface area contributed by atoms with Gasteiger partial charge in [0.2, 0.25) is 0 Å². The Bertz CT molecular complexity index is 1220. The minimum Gasteiger partial charge on any atom is -0.489 e. The molecule has 7 nitrogen and oxygen atoms in total. The summed E-state index contributed by atoms with van der Waals surface area (Å²) in [6.45, 7) is 2.12. The van der Waals surface area contributed by atoms with E-state index in [2.05, 4.69) is 10.0 Å². The first-order valence-corrected chi connectivity index (χ1v) is 13.7. The quantitative estimate of drug-likeness (QED) is 0.389. The molecule has 1 amide bonds. The summed E-state index contributed by atoms with van der Waals surface area (Å²) < 4.78 is 39.7. The Kier molecular flexibility index (Phi) is 8.48. The molecular formula is C28H32N2O5S. The van der Waals surface area contributed by atoms with Gasteiger partial charge in [-0.15, -0.1) is 0 Å². The predicted octanol–water partition coefficient (Wildman–Crippen LogP) is 5.28. The van der Waals surface area contributed by atoms with Gasteiger partial charge in [-0.25, -0.2) is 8.42 Å². The molecule has 0 unspecified atom stereocenters. The number of amides is 1. The standard InChI is InChI=1S/C28H32N2O5S/c1-21(28(31)29-23-10-6-3-7-11-23)35-26-16-18-27(19-17-26)36(32,33)30-24-12-14-25(15-13-24)34-20-22-8-4-2-5-9-22/h2,4-5,8-9,12-19,21,23,30H,3,6-7,10-11,20H2,1H3,(H,29,31)/t21-/m1/s1. The molecule has 190 valence electrons. The molecule has 3 aromatic rings. The topological polar surface area (TPSA) is 93.7 Å². The second kappa shape index (κ2) is 11.9. The summed E-state index contributed by atoms with van der Waals surface area (Å²) in [5.41, 5.74) is 1.48. The lowest BCUT2D eigenvalue weighted by Crippen LogP contribution is -2.43. The minimum atomic E-state index is -3.79. The number of nitrogens with one attached hydrogen (secondary N) is 2. The van der Waals surface area contributed by atoms with E-state index in [1.807, 2.05) is 30.3 Å². The van der Waals surface area contributed by atoms with Gasteiger partial charge in [-0.05, 0) is 73.9 Å². The molecule has 1 aliphatic rings. The van der Waals surface area contributed by atoms with Crippen molar-refractivity contribution in [3.8, 4) is 11.5 Å². The second-order valence-electron chi connectivity index (χ2n) is 8.98. The van der Waals surface area contributed by atoms with Gasteiger partial charge in [0, 0.05) is 11.7 Å². The van der Waals surface area contributed by atoms with Crippen LogP contribution in [0.4, 0.5) is 5.69 Å². The number of ether oxygens (including phenoxy) is 2. The average molecular weight is 509 g/mol. The van der Waals surface area contributed by atoms with Crippen molar-refractivity contribution in [3.05, 3.63) is 84.4 Å². The highest BCUT2D eigenvalue weighted by Gasteiger charge is 2.21. The Morgan fingerprint density at radius 3 is 2.19 bits per heavy atom. The van der Waals surface area contributed by atoms with Crippen LogP contribution in [0.5, 0.6) is 11.5 Å². The molecule has 1 fully saturated rings. The normalized spacial score (nSPS) is 15.0. The van der Waals surface area contributed by atoms with Gasteiger partial charge >= 0.3 is 0 Å². The SMILES string of the molecule is C[C@@H](Oc1ccc(S(=O)(=O)Nc2ccc(OCc3ccccc3)cc2)cc1)C(=O)NC1CCCCC1. The van der Waals surface area contributed by atoms with Gasteiger partial charge in [0.05, 0.1) is 4.90 Å². The molecule has 2 N–H and O–H groups in total. The maximum Gasteiger partial charge on any atom is 0.261 e. The highest BCUT2D eigenvalue weighted by atomic mass is 32.2. The van der Waals surface area contributed by atoms with E-state index in [4.69, 9.17) is 9.47 Å². The maximum atomic E-state index is 12.8. The van der Waals surface area contributed by atoms with Crippen LogP contribution >= 0.6 is 0 Å². The van der Waals surface area contributed by atoms with Gasteiger partial charge in [-0.3, -0.25) is 9.52 Å². The highest BCUT2D eigenvalue weighted by molar-refractivity contribution is 7.92. The number of hydrogen-bond donors (Lipinski definition) is 2. The summed E-state index contributed by atoms with van der Waals surface area (Å²) in [5, 5.41) is 3.04. The maximum absolute atomic E-state index is 12.8. The van der Waals surface area contributed by atoms with E-state index in [1.165, 1.54) is 18.6 Å². The van der Waals surface area contributed by atoms with Crippen LogP contribution in [-0.4, -0.2) is 26.5 Å². The smallest absolute Gasteiger partial charge is 0.261 e. The third kappa shape index (κ3) is 7.24. The Balaban J connectivity index is 1.29. The van der Waals surface area contributed by atoms with Crippen LogP contribution in [0.25, 0.3) is 0 Å². The van der Waals surface area contributed by atoms with E-state index in [9.17, 15) is 13.2 Å². The van der Waals surface area contributed by atoms with Crippen molar-refractivity contribution < 1.29 is 22.7 Å². The molecule has 1 atom stereocenters. The summed E-state index contributed by atoms with van der Waals surface area (Å²) in [5.74, 6) is 0.918. The fraction of sp³-hybridized carbons (Fsp3) is 0.321. The first-order valence-electron chi connectivity index (χ1n) is 12.3. The van der Waals surface area contributed by atoms with Crippen LogP contribution < -0.4 is 19.5 Å². The van der Waals surface area contributed by atoms with Crippen LogP contribution in [0.1, 0.15) is 44.6 Å². The molecule has 0 radical (unpaired) electrons. The predicted molar refractivity (Wildman–Crippen MR) is 140 cm³/mol. The molecule has 0 heterocycles. The largest absolute Gasteiger partial charge is 0.489 e. The number of anilines is 1. The van der Waals surface area contributed by atoms with Gasteiger partial charge in [-0.2, -0.15) is 0 Å². The van der Waals surface area contributed by atoms with Crippen LogP contribution in [0.3, 0.4) is 0 Å². The van der Waals surface area contributed by atoms with Crippen LogP contribution in [0, 0.1) is 0 Å². The molecular weight excluding hydrogens is 476 g/mol. The van der Waals surface area contributed by atoms with Gasteiger partial charge in [0.15, 0.2) is 6.10 Å². The van der Waals surface area contributed by atoms with Crippen molar-refractivity contribution in [2.75, 3.05) is 4.72 Å². The summed E-state index contributed by atoms with van der Waals surface area (Å²) in [4.78, 5) is 12.5. The molecule has 4 rings (SSSR count). The third-order valence-corrected chi connectivity index (χ3v) is 7.52. The van der Waals surface area contributed by atoms with Crippen LogP contribution in [0.2, 0.25) is 0 Å². The van der Waals surface area contributed by atoms with Crippen molar-refractivity contribution in [1.29, 1.82) is 0 Å². The molecule has 8 heteroatoms. The summed E-state index contributed by atoms with van der Waals surface area (Å²) in [6, 6.07) is 22.8. The molecule has 0 saturated heterocycles. The number of rotatable bonds is 10. The zero-order valence-electron chi connectivity index (χ0n) is 20.4. The van der Waals surface area contributed by atoms with E-state index < -0.39 is 16.1 Å². The second-order valence-corrected chi connectivity index (χ2v) is 10.7. The molecule has 1 saturated carbocycles. The first kappa shape index (κ1) is 25.6. The molecule has 3 aromatic carbocycles. The van der Waals surface area contributed by atoms with E-state index >= 15 is 0 Å². The lowest BCUT2D eigenvalue weighted by molar-refractivity contribution is -0.128. The fourth-order valence-electron chi connectivity index (χ4n) is 4.09. The van der Waals surface area contributed by atoms with Crippen molar-refractivity contribution in [2.45, 2.75) is 62.7 Å². The number of benzene rings is 3. The minimum absolute atomic E-state index is 0.0959. The van der Waals surface area contributed by atoms with Crippen LogP contribution in [0.15, 0.2) is 83.8 Å². The lowest BCUT2D eigenvalue weighted by Gasteiger charge is -2.24. The Morgan fingerprint density at radius 2 is 1.53 bits per heavy atom. The lowest BCUT2D eigenvalue weighted by atomic mass is 9.95. The van der Waals surface area contributed by atoms with Crippen molar-refractivity contribution in [3.63, 3.8) is 0 Å². The molecule has 0 spiro atoms. The molecule has 0 aromatic heterocycles. The van der Waals surface area contributed by atoms with E-state index in [1.54, 1.807) is 43.3 Å². The summed E-state index contributed by atoms with van der Waals surface area (Å²) in [7, 11) is -3.79. The Labute approximate surface area is 212 Å². The third-order valence-electron chi connectivity index (χ3n) is 6.12. The number of hydrogen-bond acceptors (Lipinski definition) is 5. The number of carbonyl (C=O) groups is 1. The first-order chi connectivity index (χ1) is 17.4. The van der Waals surface area contributed by atoms with Crippen molar-refractivity contribution in [1.82, 2.24) is 5.32 Å². The molecule has 0 bridgehead atoms. The molecule has 1 aliphatic carbocycles. The number of sulfonamides is 1. The van der Waals surface area contributed by atoms with E-state index in [-0.39, 0.29) is 16.8 Å². The van der Waals surface area contributed by atoms with Gasteiger partial charge in [0.1, 0.15) is 18.1 Å². The molecule has 0 aliphatic heterocycles. The Hall–Kier alpha value is -3.52. The molecule has 36 heavy (non-hydrogen) atoms. The zero-order chi connectivity index (χ0) is 25.4. The zero-order valence-corrected chi connectivity index (χ0v) is 21.2. The van der Waals surface area contributed by atoms with Gasteiger partial charge < -0.3 is 14.8 Å². The Morgan fingerprint density at radius 1 is 0.889 bits per heavy atom. The summed E-state index contributed by atoms with van der Waals surface area (Å²) >= 11 is 0.